The van der Waals surface area contributed by atoms with Gasteiger partial charge in [-0.15, -0.1) is 4.40 Å². The van der Waals surface area contributed by atoms with Gasteiger partial charge in [0.1, 0.15) is 11.6 Å². The summed E-state index contributed by atoms with van der Waals surface area (Å²) in [5.74, 6) is 0.723. The van der Waals surface area contributed by atoms with Crippen molar-refractivity contribution in [3.8, 4) is 0 Å². The van der Waals surface area contributed by atoms with E-state index in [0.29, 0.717) is 23.7 Å². The van der Waals surface area contributed by atoms with Crippen LogP contribution in [-0.4, -0.2) is 38.7 Å². The van der Waals surface area contributed by atoms with E-state index in [4.69, 9.17) is 4.42 Å². The molecule has 1 aliphatic rings. The molecule has 9 heteroatoms. The summed E-state index contributed by atoms with van der Waals surface area (Å²) < 4.78 is 35.1. The van der Waals surface area contributed by atoms with E-state index in [0.717, 1.165) is 16.7 Å². The molecule has 1 amide bonds. The highest BCUT2D eigenvalue weighted by molar-refractivity contribution is 14.1. The number of nitrogens with one attached hydrogen (secondary N) is 1. The van der Waals surface area contributed by atoms with Crippen LogP contribution in [0.3, 0.4) is 0 Å². The summed E-state index contributed by atoms with van der Waals surface area (Å²) in [5.41, 5.74) is 0.375. The summed E-state index contributed by atoms with van der Waals surface area (Å²) in [6, 6.07) is 9.59. The summed E-state index contributed by atoms with van der Waals surface area (Å²) >= 11 is 2.03. The van der Waals surface area contributed by atoms with Crippen LogP contribution in [0.1, 0.15) is 18.6 Å². The van der Waals surface area contributed by atoms with E-state index in [1.807, 2.05) is 34.5 Å². The predicted molar refractivity (Wildman–Crippen MR) is 112 cm³/mol. The lowest BCUT2D eigenvalue weighted by Gasteiger charge is -2.11. The minimum absolute atomic E-state index is 0.0395. The summed E-state index contributed by atoms with van der Waals surface area (Å²) in [7, 11) is -2.00. The molecule has 2 heterocycles. The monoisotopic (exact) mass is 499 g/mol. The largest absolute Gasteiger partial charge is 0.451 e. The lowest BCUT2D eigenvalue weighted by molar-refractivity contribution is -0.111. The maximum absolute atomic E-state index is 12.5. The van der Waals surface area contributed by atoms with Crippen LogP contribution in [0.5, 0.6) is 0 Å². The van der Waals surface area contributed by atoms with Crippen molar-refractivity contribution < 1.29 is 17.6 Å². The molecule has 0 atom stereocenters. The molecule has 27 heavy (non-hydrogen) atoms. The van der Waals surface area contributed by atoms with Gasteiger partial charge in [0.2, 0.25) is 5.91 Å². The topological polar surface area (TPSA) is 92.0 Å². The van der Waals surface area contributed by atoms with Crippen molar-refractivity contribution in [2.24, 2.45) is 4.40 Å². The smallest absolute Gasteiger partial charge is 0.284 e. The average molecular weight is 499 g/mol. The molecular formula is C18H18IN3O4S. The van der Waals surface area contributed by atoms with E-state index in [1.165, 1.54) is 18.2 Å². The third-order valence-corrected chi connectivity index (χ3v) is 5.83. The van der Waals surface area contributed by atoms with E-state index in [2.05, 4.69) is 9.71 Å². The first-order valence-corrected chi connectivity index (χ1v) is 10.7. The molecule has 0 unspecified atom stereocenters. The second-order valence-corrected chi connectivity index (χ2v) is 8.67. The fraction of sp³-hybridized carbons (Fsp3) is 0.222. The van der Waals surface area contributed by atoms with Gasteiger partial charge < -0.3 is 14.6 Å². The van der Waals surface area contributed by atoms with Crippen LogP contribution in [0, 0.1) is 3.77 Å². The number of benzene rings is 1. The molecule has 3 rings (SSSR count). The normalized spacial score (nSPS) is 16.4. The Kier molecular flexibility index (Phi) is 6.00. The summed E-state index contributed by atoms with van der Waals surface area (Å²) in [6.07, 6.45) is 4.40. The molecule has 1 aliphatic heterocycles. The van der Waals surface area contributed by atoms with Gasteiger partial charge in [0.05, 0.1) is 4.90 Å². The number of likely N-dealkylation sites (tertiary alicyclic amines) is 1. The third kappa shape index (κ3) is 5.19. The lowest BCUT2D eigenvalue weighted by atomic mass is 10.3. The zero-order chi connectivity index (χ0) is 19.4. The van der Waals surface area contributed by atoms with Crippen molar-refractivity contribution in [1.82, 2.24) is 4.90 Å². The number of rotatable bonds is 5. The van der Waals surface area contributed by atoms with Crippen LogP contribution in [-0.2, 0) is 14.8 Å². The van der Waals surface area contributed by atoms with Crippen LogP contribution in [0.15, 0.2) is 56.2 Å². The highest BCUT2D eigenvalue weighted by Crippen LogP contribution is 2.20. The highest BCUT2D eigenvalue weighted by Gasteiger charge is 2.20. The Morgan fingerprint density at radius 1 is 1.33 bits per heavy atom. The second-order valence-electron chi connectivity index (χ2n) is 6.00. The minimum atomic E-state index is -3.83. The molecule has 1 N–H and O–H groups in total. The number of hydrogen-bond donors (Lipinski definition) is 1. The lowest BCUT2D eigenvalue weighted by Crippen LogP contribution is -2.20. The second kappa shape index (κ2) is 8.26. The number of furan rings is 1. The molecule has 0 spiro atoms. The Labute approximate surface area is 171 Å². The summed E-state index contributed by atoms with van der Waals surface area (Å²) in [6.45, 7) is 0.797. The molecule has 0 radical (unpaired) electrons. The SMILES string of the molecule is CN1CCC/C1=N\S(=O)(=O)c1cccc(NC(=O)/C=C/c2ccc(I)o2)c1. The molecule has 142 valence electrons. The molecule has 0 aliphatic carbocycles. The van der Waals surface area contributed by atoms with Crippen molar-refractivity contribution >= 4 is 56.1 Å². The fourth-order valence-corrected chi connectivity index (χ4v) is 4.17. The average Bonchev–Trinajstić information content (AvgIpc) is 3.21. The van der Waals surface area contributed by atoms with E-state index < -0.39 is 15.9 Å². The number of carbonyl (C=O) groups is 1. The van der Waals surface area contributed by atoms with Crippen LogP contribution in [0.2, 0.25) is 0 Å². The van der Waals surface area contributed by atoms with E-state index in [-0.39, 0.29) is 4.90 Å². The molecule has 1 aromatic heterocycles. The minimum Gasteiger partial charge on any atom is -0.451 e. The van der Waals surface area contributed by atoms with Crippen LogP contribution in [0.4, 0.5) is 5.69 Å². The summed E-state index contributed by atoms with van der Waals surface area (Å²) in [4.78, 5) is 13.9. The van der Waals surface area contributed by atoms with E-state index in [1.54, 1.807) is 30.3 Å². The highest BCUT2D eigenvalue weighted by atomic mass is 127. The van der Waals surface area contributed by atoms with Crippen LogP contribution < -0.4 is 5.32 Å². The predicted octanol–water partition coefficient (Wildman–Crippen LogP) is 3.35. The van der Waals surface area contributed by atoms with E-state index >= 15 is 0 Å². The molecular weight excluding hydrogens is 481 g/mol. The van der Waals surface area contributed by atoms with Gasteiger partial charge in [0.15, 0.2) is 3.77 Å². The first kappa shape index (κ1) is 19.6. The molecule has 2 aromatic rings. The van der Waals surface area contributed by atoms with Gasteiger partial charge in [-0.2, -0.15) is 8.42 Å². The molecule has 7 nitrogen and oxygen atoms in total. The Morgan fingerprint density at radius 2 is 2.15 bits per heavy atom. The maximum atomic E-state index is 12.5. The van der Waals surface area contributed by atoms with Crippen molar-refractivity contribution in [3.05, 3.63) is 52.0 Å². The van der Waals surface area contributed by atoms with Crippen molar-refractivity contribution in [2.45, 2.75) is 17.7 Å². The number of nitrogens with zero attached hydrogens (tertiary/aromatic N) is 2. The van der Waals surface area contributed by atoms with Crippen molar-refractivity contribution in [3.63, 3.8) is 0 Å². The molecule has 0 saturated carbocycles. The molecule has 0 bridgehead atoms. The maximum Gasteiger partial charge on any atom is 0.284 e. The van der Waals surface area contributed by atoms with Gasteiger partial charge in [-0.3, -0.25) is 4.79 Å². The number of carbonyl (C=O) groups excluding carboxylic acids is 1. The number of anilines is 1. The number of halogens is 1. The standard InChI is InChI=1S/C18H18IN3O4S/c1-22-11-3-6-17(22)21-27(24,25)15-5-2-4-13(12-15)20-18(23)10-8-14-7-9-16(19)26-14/h2,4-5,7-10,12H,3,6,11H2,1H3,(H,20,23)/b10-8+,21-17+. The quantitative estimate of drug-likeness (QED) is 0.504. The fourth-order valence-electron chi connectivity index (χ4n) is 2.59. The van der Waals surface area contributed by atoms with Gasteiger partial charge in [-0.25, -0.2) is 0 Å². The number of amides is 1. The van der Waals surface area contributed by atoms with Crippen molar-refractivity contribution in [2.75, 3.05) is 18.9 Å². The Morgan fingerprint density at radius 3 is 2.81 bits per heavy atom. The van der Waals surface area contributed by atoms with E-state index in [9.17, 15) is 13.2 Å². The Bertz CT molecular complexity index is 1010. The zero-order valence-corrected chi connectivity index (χ0v) is 17.5. The number of hydrogen-bond acceptors (Lipinski definition) is 4. The third-order valence-electron chi connectivity index (χ3n) is 3.95. The van der Waals surface area contributed by atoms with Gasteiger partial charge in [0, 0.05) is 31.8 Å². The first-order chi connectivity index (χ1) is 12.8. The molecule has 1 aromatic carbocycles. The Hall–Kier alpha value is -2.14. The van der Waals surface area contributed by atoms with Gasteiger partial charge in [-0.05, 0) is 65.4 Å². The number of amidine groups is 1. The first-order valence-electron chi connectivity index (χ1n) is 8.23. The zero-order valence-electron chi connectivity index (χ0n) is 14.6. The van der Waals surface area contributed by atoms with Gasteiger partial charge >= 0.3 is 0 Å². The molecule has 1 saturated heterocycles. The van der Waals surface area contributed by atoms with Crippen LogP contribution in [0.25, 0.3) is 6.08 Å². The van der Waals surface area contributed by atoms with Gasteiger partial charge in [-0.1, -0.05) is 6.07 Å². The Balaban J connectivity index is 1.73. The van der Waals surface area contributed by atoms with Crippen LogP contribution >= 0.6 is 22.6 Å². The molecule has 1 fully saturated rings. The number of sulfonamides is 1. The van der Waals surface area contributed by atoms with Crippen molar-refractivity contribution in [1.29, 1.82) is 0 Å². The summed E-state index contributed by atoms with van der Waals surface area (Å²) in [5, 5.41) is 2.64. The van der Waals surface area contributed by atoms with Gasteiger partial charge in [0.25, 0.3) is 10.0 Å².